The van der Waals surface area contributed by atoms with Crippen molar-refractivity contribution in [3.05, 3.63) is 66.4 Å². The van der Waals surface area contributed by atoms with Crippen LogP contribution in [0.5, 0.6) is 0 Å². The summed E-state index contributed by atoms with van der Waals surface area (Å²) in [5.74, 6) is -1.50. The van der Waals surface area contributed by atoms with Crippen molar-refractivity contribution in [1.29, 1.82) is 0 Å². The summed E-state index contributed by atoms with van der Waals surface area (Å²) in [5.41, 5.74) is -0.583. The normalized spacial score (nSPS) is 24.7. The number of aromatic nitrogens is 2. The van der Waals surface area contributed by atoms with E-state index in [1.165, 1.54) is 18.6 Å². The Labute approximate surface area is 178 Å². The number of carbonyl (C=O) groups is 3. The van der Waals surface area contributed by atoms with Gasteiger partial charge in [0.1, 0.15) is 11.7 Å². The standard InChI is InChI=1S/C22H23N5O4/c1-4-21(2,3)22(14-7-5-6-8-17(14)27(31)20(22)30)10-16-19(29)25-15(18(28)26-16)9-13-11-23-12-24-13/h4-9,11-12,16,31H,1,10H2,2-3H3,(H,23,24)(H,25,29)(H,26,28)/b15-9+/t16-,22+/m0/s1. The first kappa shape index (κ1) is 20.5. The number of piperazine rings is 1. The van der Waals surface area contributed by atoms with Crippen LogP contribution >= 0.6 is 0 Å². The zero-order chi connectivity index (χ0) is 22.4. The van der Waals surface area contributed by atoms with Crippen LogP contribution in [0.3, 0.4) is 0 Å². The van der Waals surface area contributed by atoms with E-state index in [-0.39, 0.29) is 12.1 Å². The number of H-pyrrole nitrogens is 1. The van der Waals surface area contributed by atoms with Gasteiger partial charge in [-0.05, 0) is 24.1 Å². The number of benzene rings is 1. The fourth-order valence-electron chi connectivity index (χ4n) is 4.31. The molecular formula is C22H23N5O4. The third-order valence-corrected chi connectivity index (χ3v) is 6.21. The molecule has 3 heterocycles. The van der Waals surface area contributed by atoms with Crippen LogP contribution in [0.2, 0.25) is 0 Å². The molecule has 1 aromatic carbocycles. The Morgan fingerprint density at radius 3 is 2.71 bits per heavy atom. The summed E-state index contributed by atoms with van der Waals surface area (Å²) in [4.78, 5) is 45.7. The number of hydrogen-bond acceptors (Lipinski definition) is 5. The number of hydroxylamine groups is 1. The maximum absolute atomic E-state index is 13.4. The highest BCUT2D eigenvalue weighted by Crippen LogP contribution is 2.54. The Balaban J connectivity index is 1.72. The molecule has 2 aromatic rings. The minimum atomic E-state index is -1.31. The Morgan fingerprint density at radius 2 is 2.03 bits per heavy atom. The van der Waals surface area contributed by atoms with Crippen molar-refractivity contribution in [3.8, 4) is 0 Å². The fraction of sp³-hybridized carbons (Fsp3) is 0.273. The van der Waals surface area contributed by atoms with Crippen molar-refractivity contribution in [2.75, 3.05) is 5.06 Å². The molecule has 2 aliphatic rings. The summed E-state index contributed by atoms with van der Waals surface area (Å²) in [6, 6.07) is 5.88. The average molecular weight is 421 g/mol. The molecule has 2 aliphatic heterocycles. The van der Waals surface area contributed by atoms with Gasteiger partial charge >= 0.3 is 0 Å². The second-order valence-electron chi connectivity index (χ2n) is 8.25. The number of nitrogens with zero attached hydrogens (tertiary/aromatic N) is 2. The van der Waals surface area contributed by atoms with E-state index in [2.05, 4.69) is 27.2 Å². The highest BCUT2D eigenvalue weighted by molar-refractivity contribution is 6.10. The minimum absolute atomic E-state index is 0.0478. The van der Waals surface area contributed by atoms with Crippen LogP contribution in [0, 0.1) is 5.41 Å². The molecule has 9 nitrogen and oxygen atoms in total. The zero-order valence-corrected chi connectivity index (χ0v) is 17.2. The molecule has 0 unspecified atom stereocenters. The number of hydrogen-bond donors (Lipinski definition) is 4. The summed E-state index contributed by atoms with van der Waals surface area (Å²) < 4.78 is 0. The van der Waals surface area contributed by atoms with Gasteiger partial charge in [0.2, 0.25) is 5.91 Å². The number of imidazole rings is 1. The number of rotatable bonds is 5. The molecule has 4 N–H and O–H groups in total. The third-order valence-electron chi connectivity index (χ3n) is 6.21. The van der Waals surface area contributed by atoms with Gasteiger partial charge in [-0.3, -0.25) is 19.6 Å². The van der Waals surface area contributed by atoms with Crippen LogP contribution in [0.25, 0.3) is 6.08 Å². The molecule has 0 radical (unpaired) electrons. The highest BCUT2D eigenvalue weighted by Gasteiger charge is 2.60. The Kier molecular flexibility index (Phi) is 4.78. The maximum Gasteiger partial charge on any atom is 0.268 e. The molecule has 1 fully saturated rings. The van der Waals surface area contributed by atoms with Gasteiger partial charge in [-0.15, -0.1) is 6.58 Å². The molecule has 0 saturated carbocycles. The molecule has 0 bridgehead atoms. The third kappa shape index (κ3) is 3.05. The molecule has 0 aliphatic carbocycles. The van der Waals surface area contributed by atoms with Crippen molar-refractivity contribution in [3.63, 3.8) is 0 Å². The van der Waals surface area contributed by atoms with Crippen LogP contribution in [0.15, 0.2) is 55.1 Å². The zero-order valence-electron chi connectivity index (χ0n) is 17.2. The molecule has 4 rings (SSSR count). The monoisotopic (exact) mass is 421 g/mol. The molecule has 3 amide bonds. The van der Waals surface area contributed by atoms with Crippen molar-refractivity contribution in [1.82, 2.24) is 20.6 Å². The Morgan fingerprint density at radius 1 is 1.29 bits per heavy atom. The largest absolute Gasteiger partial charge is 0.345 e. The van der Waals surface area contributed by atoms with Gasteiger partial charge in [-0.25, -0.2) is 4.98 Å². The number of nitrogens with one attached hydrogen (secondary N) is 3. The molecule has 9 heteroatoms. The predicted octanol–water partition coefficient (Wildman–Crippen LogP) is 1.64. The van der Waals surface area contributed by atoms with Crippen LogP contribution in [-0.4, -0.2) is 38.9 Å². The highest BCUT2D eigenvalue weighted by atomic mass is 16.5. The van der Waals surface area contributed by atoms with E-state index in [1.54, 1.807) is 30.3 Å². The van der Waals surface area contributed by atoms with Crippen LogP contribution in [0.4, 0.5) is 5.69 Å². The van der Waals surface area contributed by atoms with Gasteiger partial charge in [0.15, 0.2) is 0 Å². The van der Waals surface area contributed by atoms with E-state index in [1.807, 2.05) is 13.8 Å². The maximum atomic E-state index is 13.4. The second-order valence-corrected chi connectivity index (χ2v) is 8.25. The lowest BCUT2D eigenvalue weighted by atomic mass is 9.59. The molecule has 160 valence electrons. The molecule has 2 atom stereocenters. The van der Waals surface area contributed by atoms with Crippen LogP contribution in [-0.2, 0) is 19.8 Å². The lowest BCUT2D eigenvalue weighted by molar-refractivity contribution is -0.136. The summed E-state index contributed by atoms with van der Waals surface area (Å²) in [5, 5.41) is 16.5. The summed E-state index contributed by atoms with van der Waals surface area (Å²) >= 11 is 0. The first-order valence-corrected chi connectivity index (χ1v) is 9.79. The first-order valence-electron chi connectivity index (χ1n) is 9.79. The SMILES string of the molecule is C=CC(C)(C)[C@@]1(C[C@@H]2NC(=O)/C(=C\c3cnc[nH]3)NC2=O)C(=O)N(O)c2ccccc21. The van der Waals surface area contributed by atoms with Crippen molar-refractivity contribution < 1.29 is 19.6 Å². The van der Waals surface area contributed by atoms with Gasteiger partial charge in [0.05, 0.1) is 29.3 Å². The lowest BCUT2D eigenvalue weighted by Gasteiger charge is -2.43. The average Bonchev–Trinajstić information content (AvgIpc) is 3.33. The van der Waals surface area contributed by atoms with Crippen molar-refractivity contribution in [2.45, 2.75) is 31.7 Å². The first-order chi connectivity index (χ1) is 14.7. The molecule has 1 saturated heterocycles. The molecular weight excluding hydrogens is 398 g/mol. The summed E-state index contributed by atoms with van der Waals surface area (Å²) in [7, 11) is 0. The number of carbonyl (C=O) groups excluding carboxylic acids is 3. The van der Waals surface area contributed by atoms with Crippen LogP contribution < -0.4 is 15.7 Å². The Hall–Kier alpha value is -3.72. The van der Waals surface area contributed by atoms with E-state index >= 15 is 0 Å². The molecule has 1 aromatic heterocycles. The van der Waals surface area contributed by atoms with E-state index in [0.717, 1.165) is 0 Å². The van der Waals surface area contributed by atoms with Gasteiger partial charge in [-0.2, -0.15) is 5.06 Å². The second kappa shape index (κ2) is 7.21. The number of aromatic amines is 1. The van der Waals surface area contributed by atoms with Gasteiger partial charge in [-0.1, -0.05) is 38.1 Å². The van der Waals surface area contributed by atoms with Gasteiger partial charge in [0.25, 0.3) is 11.8 Å². The summed E-state index contributed by atoms with van der Waals surface area (Å²) in [6.45, 7) is 7.52. The minimum Gasteiger partial charge on any atom is -0.345 e. The number of fused-ring (bicyclic) bond motifs is 1. The molecule has 0 spiro atoms. The van der Waals surface area contributed by atoms with Gasteiger partial charge in [0, 0.05) is 5.41 Å². The fourth-order valence-corrected chi connectivity index (χ4v) is 4.31. The van der Waals surface area contributed by atoms with Gasteiger partial charge < -0.3 is 15.6 Å². The number of allylic oxidation sites excluding steroid dienone is 1. The number of para-hydroxylation sites is 1. The predicted molar refractivity (Wildman–Crippen MR) is 113 cm³/mol. The smallest absolute Gasteiger partial charge is 0.268 e. The van der Waals surface area contributed by atoms with E-state index in [0.29, 0.717) is 22.0 Å². The summed E-state index contributed by atoms with van der Waals surface area (Å²) in [6.07, 6.45) is 6.04. The number of amides is 3. The Bertz CT molecular complexity index is 1100. The lowest BCUT2D eigenvalue weighted by Crippen LogP contribution is -2.60. The van der Waals surface area contributed by atoms with E-state index in [4.69, 9.17) is 0 Å². The topological polar surface area (TPSA) is 127 Å². The number of anilines is 1. The quantitative estimate of drug-likeness (QED) is 0.332. The van der Waals surface area contributed by atoms with E-state index < -0.39 is 34.6 Å². The van der Waals surface area contributed by atoms with E-state index in [9.17, 15) is 19.6 Å². The van der Waals surface area contributed by atoms with Crippen molar-refractivity contribution in [2.24, 2.45) is 5.41 Å². The molecule has 31 heavy (non-hydrogen) atoms. The van der Waals surface area contributed by atoms with Crippen LogP contribution in [0.1, 0.15) is 31.5 Å². The van der Waals surface area contributed by atoms with Crippen molar-refractivity contribution >= 4 is 29.5 Å².